The van der Waals surface area contributed by atoms with E-state index in [1.54, 1.807) is 19.1 Å². The molecule has 1 aromatic rings. The smallest absolute Gasteiger partial charge is 0.236 e. The second-order valence-electron chi connectivity index (χ2n) is 3.63. The van der Waals surface area contributed by atoms with E-state index in [-0.39, 0.29) is 6.54 Å². The van der Waals surface area contributed by atoms with Crippen LogP contribution in [0.4, 0.5) is 5.69 Å². The van der Waals surface area contributed by atoms with Crippen LogP contribution in [0.15, 0.2) is 22.7 Å². The zero-order valence-electron chi connectivity index (χ0n) is 9.20. The molecule has 6 heteroatoms. The molecule has 0 radical (unpaired) electrons. The molecule has 0 aliphatic heterocycles. The topological polar surface area (TPSA) is 72.2 Å². The molecule has 0 bridgehead atoms. The Bertz CT molecular complexity index is 474. The maximum absolute atomic E-state index is 11.8. The molecule has 4 nitrogen and oxygen atoms in total. The summed E-state index contributed by atoms with van der Waals surface area (Å²) in [4.78, 5) is 0. The number of rotatable bonds is 4. The van der Waals surface area contributed by atoms with E-state index in [1.807, 2.05) is 13.0 Å². The summed E-state index contributed by atoms with van der Waals surface area (Å²) in [5.74, 6) is 0. The van der Waals surface area contributed by atoms with Gasteiger partial charge in [-0.3, -0.25) is 4.72 Å². The quantitative estimate of drug-likeness (QED) is 0.891. The molecule has 0 amide bonds. The summed E-state index contributed by atoms with van der Waals surface area (Å²) >= 11 is 3.35. The Morgan fingerprint density at radius 1 is 1.50 bits per heavy atom. The number of sulfonamides is 1. The van der Waals surface area contributed by atoms with Gasteiger partial charge in [0, 0.05) is 11.0 Å². The molecule has 0 spiro atoms. The van der Waals surface area contributed by atoms with Gasteiger partial charge >= 0.3 is 0 Å². The second-order valence-corrected chi connectivity index (χ2v) is 6.52. The van der Waals surface area contributed by atoms with E-state index < -0.39 is 15.3 Å². The van der Waals surface area contributed by atoms with Crippen LogP contribution in [0.25, 0.3) is 0 Å². The zero-order valence-corrected chi connectivity index (χ0v) is 11.6. The van der Waals surface area contributed by atoms with E-state index in [9.17, 15) is 8.42 Å². The van der Waals surface area contributed by atoms with E-state index in [0.29, 0.717) is 5.69 Å². The summed E-state index contributed by atoms with van der Waals surface area (Å²) in [5.41, 5.74) is 6.86. The third-order valence-corrected chi connectivity index (χ3v) is 5.11. The van der Waals surface area contributed by atoms with Gasteiger partial charge in [0.1, 0.15) is 0 Å². The molecule has 1 rings (SSSR count). The minimum atomic E-state index is -3.41. The fraction of sp³-hybridized carbons (Fsp3) is 0.400. The SMILES string of the molecule is Cc1cccc(NS(=O)(=O)C(C)CN)c1Br. The number of nitrogens with one attached hydrogen (secondary N) is 1. The van der Waals surface area contributed by atoms with Gasteiger partial charge in [-0.05, 0) is 41.4 Å². The van der Waals surface area contributed by atoms with Gasteiger partial charge in [0.2, 0.25) is 10.0 Å². The Labute approximate surface area is 104 Å². The average molecular weight is 307 g/mol. The molecule has 0 fully saturated rings. The highest BCUT2D eigenvalue weighted by Gasteiger charge is 2.20. The lowest BCUT2D eigenvalue weighted by molar-refractivity contribution is 0.589. The highest BCUT2D eigenvalue weighted by atomic mass is 79.9. The van der Waals surface area contributed by atoms with Crippen LogP contribution in [0.5, 0.6) is 0 Å². The largest absolute Gasteiger partial charge is 0.329 e. The summed E-state index contributed by atoms with van der Waals surface area (Å²) in [6.07, 6.45) is 0. The highest BCUT2D eigenvalue weighted by molar-refractivity contribution is 9.10. The molecule has 16 heavy (non-hydrogen) atoms. The van der Waals surface area contributed by atoms with Crippen LogP contribution in [-0.4, -0.2) is 20.2 Å². The van der Waals surface area contributed by atoms with E-state index in [2.05, 4.69) is 20.7 Å². The lowest BCUT2D eigenvalue weighted by Gasteiger charge is -2.14. The van der Waals surface area contributed by atoms with Crippen LogP contribution in [0, 0.1) is 6.92 Å². The first kappa shape index (κ1) is 13.5. The average Bonchev–Trinajstić information content (AvgIpc) is 2.23. The molecule has 0 heterocycles. The predicted octanol–water partition coefficient (Wildman–Crippen LogP) is 1.85. The first-order valence-electron chi connectivity index (χ1n) is 4.85. The maximum Gasteiger partial charge on any atom is 0.236 e. The van der Waals surface area contributed by atoms with Crippen molar-refractivity contribution in [2.75, 3.05) is 11.3 Å². The van der Waals surface area contributed by atoms with Crippen LogP contribution in [0.2, 0.25) is 0 Å². The molecule has 0 aliphatic rings. The Hall–Kier alpha value is -0.590. The van der Waals surface area contributed by atoms with Crippen molar-refractivity contribution in [2.45, 2.75) is 19.1 Å². The number of anilines is 1. The summed E-state index contributed by atoms with van der Waals surface area (Å²) in [5, 5.41) is -0.611. The second kappa shape index (κ2) is 5.16. The van der Waals surface area contributed by atoms with Gasteiger partial charge in [0.15, 0.2) is 0 Å². The molecule has 90 valence electrons. The van der Waals surface area contributed by atoms with Gasteiger partial charge in [-0.25, -0.2) is 8.42 Å². The third-order valence-electron chi connectivity index (χ3n) is 2.31. The molecule has 3 N–H and O–H groups in total. The Kier molecular flexibility index (Phi) is 4.35. The van der Waals surface area contributed by atoms with Gasteiger partial charge in [-0.15, -0.1) is 0 Å². The van der Waals surface area contributed by atoms with Crippen molar-refractivity contribution in [2.24, 2.45) is 5.73 Å². The van der Waals surface area contributed by atoms with Crippen LogP contribution < -0.4 is 10.5 Å². The summed E-state index contributed by atoms with van der Waals surface area (Å²) in [7, 11) is -3.41. The minimum absolute atomic E-state index is 0.0960. The molecule has 1 unspecified atom stereocenters. The number of hydrogen-bond donors (Lipinski definition) is 2. The van der Waals surface area contributed by atoms with E-state index in [0.717, 1.165) is 10.0 Å². The standard InChI is InChI=1S/C10H15BrN2O2S/c1-7-4-3-5-9(10(7)11)13-16(14,15)8(2)6-12/h3-5,8,13H,6,12H2,1-2H3. The van der Waals surface area contributed by atoms with Gasteiger partial charge < -0.3 is 5.73 Å². The molecule has 0 aromatic heterocycles. The molecule has 0 aliphatic carbocycles. The number of aryl methyl sites for hydroxylation is 1. The molecule has 0 saturated carbocycles. The Morgan fingerprint density at radius 3 is 2.69 bits per heavy atom. The van der Waals surface area contributed by atoms with Crippen molar-refractivity contribution >= 4 is 31.6 Å². The van der Waals surface area contributed by atoms with Gasteiger partial charge in [0.25, 0.3) is 0 Å². The first-order chi connectivity index (χ1) is 7.38. The van der Waals surface area contributed by atoms with Gasteiger partial charge in [0.05, 0.1) is 10.9 Å². The summed E-state index contributed by atoms with van der Waals surface area (Å²) < 4.78 is 26.8. The van der Waals surface area contributed by atoms with Crippen molar-refractivity contribution in [3.63, 3.8) is 0 Å². The molecule has 0 saturated heterocycles. The predicted molar refractivity (Wildman–Crippen MR) is 69.9 cm³/mol. The Morgan fingerprint density at radius 2 is 2.12 bits per heavy atom. The van der Waals surface area contributed by atoms with Crippen LogP contribution >= 0.6 is 15.9 Å². The lowest BCUT2D eigenvalue weighted by atomic mass is 10.2. The summed E-state index contributed by atoms with van der Waals surface area (Å²) in [6, 6.07) is 5.40. The lowest BCUT2D eigenvalue weighted by Crippen LogP contribution is -2.31. The van der Waals surface area contributed by atoms with Crippen LogP contribution in [0.1, 0.15) is 12.5 Å². The molecular formula is C10H15BrN2O2S. The number of benzene rings is 1. The molecular weight excluding hydrogens is 292 g/mol. The van der Waals surface area contributed by atoms with Crippen molar-refractivity contribution in [3.8, 4) is 0 Å². The first-order valence-corrected chi connectivity index (χ1v) is 7.19. The number of nitrogens with two attached hydrogens (primary N) is 1. The van der Waals surface area contributed by atoms with Gasteiger partial charge in [-0.2, -0.15) is 0 Å². The monoisotopic (exact) mass is 306 g/mol. The van der Waals surface area contributed by atoms with Gasteiger partial charge in [-0.1, -0.05) is 12.1 Å². The highest BCUT2D eigenvalue weighted by Crippen LogP contribution is 2.27. The van der Waals surface area contributed by atoms with E-state index in [4.69, 9.17) is 5.73 Å². The maximum atomic E-state index is 11.8. The number of halogens is 1. The minimum Gasteiger partial charge on any atom is -0.329 e. The normalized spacial score (nSPS) is 13.5. The molecule has 1 atom stereocenters. The van der Waals surface area contributed by atoms with E-state index in [1.165, 1.54) is 0 Å². The fourth-order valence-corrected chi connectivity index (χ4v) is 2.53. The zero-order chi connectivity index (χ0) is 12.3. The summed E-state index contributed by atoms with van der Waals surface area (Å²) in [6.45, 7) is 3.57. The fourth-order valence-electron chi connectivity index (χ4n) is 1.11. The van der Waals surface area contributed by atoms with Crippen LogP contribution in [-0.2, 0) is 10.0 Å². The Balaban J connectivity index is 3.02. The number of hydrogen-bond acceptors (Lipinski definition) is 3. The molecule has 1 aromatic carbocycles. The van der Waals surface area contributed by atoms with Crippen molar-refractivity contribution < 1.29 is 8.42 Å². The van der Waals surface area contributed by atoms with E-state index >= 15 is 0 Å². The third kappa shape index (κ3) is 2.96. The van der Waals surface area contributed by atoms with Crippen LogP contribution in [0.3, 0.4) is 0 Å². The van der Waals surface area contributed by atoms with Crippen molar-refractivity contribution in [3.05, 3.63) is 28.2 Å². The van der Waals surface area contributed by atoms with Crippen molar-refractivity contribution in [1.29, 1.82) is 0 Å². The van der Waals surface area contributed by atoms with Crippen molar-refractivity contribution in [1.82, 2.24) is 0 Å².